The van der Waals surface area contributed by atoms with Crippen molar-refractivity contribution < 1.29 is 12.8 Å². The van der Waals surface area contributed by atoms with E-state index in [2.05, 4.69) is 43.8 Å². The topological polar surface area (TPSA) is 99.0 Å². The van der Waals surface area contributed by atoms with Gasteiger partial charge in [-0.05, 0) is 49.2 Å². The molecule has 0 aliphatic heterocycles. The van der Waals surface area contributed by atoms with E-state index in [0.717, 1.165) is 12.8 Å². The molecule has 1 aliphatic rings. The molecule has 3 aromatic heterocycles. The summed E-state index contributed by atoms with van der Waals surface area (Å²) in [6, 6.07) is 9.98. The first-order chi connectivity index (χ1) is 15.9. The molecule has 10 heteroatoms. The van der Waals surface area contributed by atoms with E-state index >= 15 is 0 Å². The van der Waals surface area contributed by atoms with E-state index in [9.17, 15) is 13.2 Å². The summed E-state index contributed by atoms with van der Waals surface area (Å²) in [6.45, 7) is 11.1. The average molecular weight is 499 g/mol. The maximum atomic E-state index is 13.2. The van der Waals surface area contributed by atoms with E-state index in [1.54, 1.807) is 41.0 Å². The minimum absolute atomic E-state index is 0.00398. The van der Waals surface area contributed by atoms with Crippen molar-refractivity contribution >= 4 is 40.4 Å². The third kappa shape index (κ3) is 3.55. The van der Waals surface area contributed by atoms with E-state index in [1.807, 2.05) is 0 Å². The number of nitrogens with zero attached hydrogens (tertiary/aromatic N) is 3. The van der Waals surface area contributed by atoms with Gasteiger partial charge in [0, 0.05) is 23.7 Å². The average Bonchev–Trinajstić information content (AvgIpc) is 3.31. The Morgan fingerprint density at radius 3 is 2.44 bits per heavy atom. The molecule has 0 atom stereocenters. The number of hydrogen-bond acceptors (Lipinski definition) is 5. The highest BCUT2D eigenvalue weighted by molar-refractivity contribution is 7.90. The molecule has 34 heavy (non-hydrogen) atoms. The predicted octanol–water partition coefficient (Wildman–Crippen LogP) is 4.64. The van der Waals surface area contributed by atoms with Crippen LogP contribution in [0.15, 0.2) is 58.5 Å². The number of pyridine rings is 1. The van der Waals surface area contributed by atoms with Crippen LogP contribution in [-0.2, 0) is 14.4 Å². The summed E-state index contributed by atoms with van der Waals surface area (Å²) >= 11 is 0. The summed E-state index contributed by atoms with van der Waals surface area (Å²) in [6.07, 6.45) is 4.68. The number of hydrogen-bond donors (Lipinski definition) is 1. The number of nitrogens with one attached hydrogen (secondary N) is 1. The summed E-state index contributed by atoms with van der Waals surface area (Å²) in [4.78, 5) is 20.4. The van der Waals surface area contributed by atoms with Gasteiger partial charge in [-0.25, -0.2) is 22.2 Å². The third-order valence-electron chi connectivity index (χ3n) is 7.36. The normalized spacial score (nSPS) is 19.6. The second-order valence-electron chi connectivity index (χ2n) is 10.6. The van der Waals surface area contributed by atoms with E-state index in [0.29, 0.717) is 22.1 Å². The van der Waals surface area contributed by atoms with Crippen LogP contribution in [0.1, 0.15) is 39.7 Å². The molecule has 1 fully saturated rings. The monoisotopic (exact) mass is 498 g/mol. The van der Waals surface area contributed by atoms with Crippen molar-refractivity contribution in [2.24, 2.45) is 0 Å². The van der Waals surface area contributed by atoms with Crippen LogP contribution in [-0.4, -0.2) is 41.3 Å². The lowest BCUT2D eigenvalue weighted by atomic mass is 9.89. The van der Waals surface area contributed by atoms with E-state index in [1.165, 1.54) is 16.4 Å². The van der Waals surface area contributed by atoms with Crippen molar-refractivity contribution in [3.63, 3.8) is 0 Å². The van der Waals surface area contributed by atoms with Gasteiger partial charge in [0.1, 0.15) is 0 Å². The number of aromatic amines is 1. The fraction of sp³-hybridized carbons (Fsp3) is 0.417. The zero-order valence-corrected chi connectivity index (χ0v) is 21.9. The standard InChI is InChI=1S/C24H30N4O4SSi/c1-24(2,3)34(4,5)32-17-13-16(14-17)28-21-19-11-12-27(22(19)25-15-20(21)26-23(28)29)33(30,31)18-9-7-6-8-10-18/h6-12,15-17H,13-14H2,1-5H3,(H,26,29). The molecule has 1 aromatic carbocycles. The van der Waals surface area contributed by atoms with Crippen molar-refractivity contribution in [2.45, 2.75) is 68.8 Å². The number of benzene rings is 1. The lowest BCUT2D eigenvalue weighted by Gasteiger charge is -2.45. The Kier molecular flexibility index (Phi) is 5.19. The zero-order valence-electron chi connectivity index (χ0n) is 20.1. The summed E-state index contributed by atoms with van der Waals surface area (Å²) < 4.78 is 35.9. The maximum Gasteiger partial charge on any atom is 0.326 e. The van der Waals surface area contributed by atoms with Gasteiger partial charge in [0.25, 0.3) is 10.0 Å². The fourth-order valence-corrected chi connectivity index (χ4v) is 7.07. The van der Waals surface area contributed by atoms with Gasteiger partial charge in [0.15, 0.2) is 14.0 Å². The molecule has 8 nitrogen and oxygen atoms in total. The van der Waals surface area contributed by atoms with Crippen LogP contribution in [0.3, 0.4) is 0 Å². The minimum atomic E-state index is -3.81. The molecule has 0 saturated heterocycles. The first kappa shape index (κ1) is 23.1. The van der Waals surface area contributed by atoms with Crippen molar-refractivity contribution in [3.05, 3.63) is 59.3 Å². The fourth-order valence-electron chi connectivity index (χ4n) is 4.36. The summed E-state index contributed by atoms with van der Waals surface area (Å²) in [5.41, 5.74) is 1.38. The van der Waals surface area contributed by atoms with E-state index < -0.39 is 18.3 Å². The summed E-state index contributed by atoms with van der Waals surface area (Å²) in [5.74, 6) is 0. The van der Waals surface area contributed by atoms with Gasteiger partial charge in [-0.1, -0.05) is 39.0 Å². The highest BCUT2D eigenvalue weighted by Crippen LogP contribution is 2.43. The molecule has 4 aromatic rings. The number of rotatable bonds is 5. The molecule has 0 unspecified atom stereocenters. The van der Waals surface area contributed by atoms with Gasteiger partial charge in [0.2, 0.25) is 0 Å². The Hall–Kier alpha value is -2.69. The highest BCUT2D eigenvalue weighted by atomic mass is 32.2. The summed E-state index contributed by atoms with van der Waals surface area (Å²) in [5, 5.41) is 0.755. The Morgan fingerprint density at radius 2 is 1.79 bits per heavy atom. The molecule has 0 radical (unpaired) electrons. The Labute approximate surface area is 199 Å². The second-order valence-corrected chi connectivity index (χ2v) is 17.2. The van der Waals surface area contributed by atoms with Crippen LogP contribution < -0.4 is 5.69 Å². The molecular weight excluding hydrogens is 468 g/mol. The van der Waals surface area contributed by atoms with Crippen LogP contribution in [0.2, 0.25) is 18.1 Å². The largest absolute Gasteiger partial charge is 0.414 e. The van der Waals surface area contributed by atoms with Gasteiger partial charge >= 0.3 is 5.69 Å². The first-order valence-electron chi connectivity index (χ1n) is 11.5. The van der Waals surface area contributed by atoms with Crippen LogP contribution >= 0.6 is 0 Å². The Balaban J connectivity index is 1.53. The molecule has 0 amide bonds. The van der Waals surface area contributed by atoms with Crippen LogP contribution in [0.5, 0.6) is 0 Å². The number of H-pyrrole nitrogens is 1. The van der Waals surface area contributed by atoms with Gasteiger partial charge in [-0.2, -0.15) is 0 Å². The lowest BCUT2D eigenvalue weighted by molar-refractivity contribution is 0.0584. The molecular formula is C24H30N4O4SSi. The second kappa shape index (κ2) is 7.66. The minimum Gasteiger partial charge on any atom is -0.414 e. The SMILES string of the molecule is CC(C)(C)[Si](C)(C)OC1CC(n2c(=O)[nH]c3cnc4c(ccn4S(=O)(=O)c4ccccc4)c32)C1. The zero-order chi connectivity index (χ0) is 24.5. The van der Waals surface area contributed by atoms with Gasteiger partial charge in [-0.3, -0.25) is 4.57 Å². The van der Waals surface area contributed by atoms with Crippen molar-refractivity contribution in [1.29, 1.82) is 0 Å². The first-order valence-corrected chi connectivity index (χ1v) is 15.8. The van der Waals surface area contributed by atoms with E-state index in [4.69, 9.17) is 4.43 Å². The predicted molar refractivity (Wildman–Crippen MR) is 135 cm³/mol. The number of fused-ring (bicyclic) bond motifs is 3. The maximum absolute atomic E-state index is 13.2. The molecule has 5 rings (SSSR count). The summed E-state index contributed by atoms with van der Waals surface area (Å²) in [7, 11) is -5.70. The quantitative estimate of drug-likeness (QED) is 0.404. The number of aromatic nitrogens is 4. The molecule has 3 heterocycles. The number of imidazole rings is 1. The smallest absolute Gasteiger partial charge is 0.326 e. The van der Waals surface area contributed by atoms with Crippen molar-refractivity contribution in [2.75, 3.05) is 0 Å². The molecule has 0 bridgehead atoms. The van der Waals surface area contributed by atoms with Gasteiger partial charge in [-0.15, -0.1) is 0 Å². The van der Waals surface area contributed by atoms with Gasteiger partial charge in [0.05, 0.1) is 22.1 Å². The van der Waals surface area contributed by atoms with Crippen LogP contribution in [0.25, 0.3) is 22.1 Å². The Morgan fingerprint density at radius 1 is 1.12 bits per heavy atom. The van der Waals surface area contributed by atoms with E-state index in [-0.39, 0.29) is 27.8 Å². The molecule has 180 valence electrons. The van der Waals surface area contributed by atoms with Crippen molar-refractivity contribution in [3.8, 4) is 0 Å². The lowest BCUT2D eigenvalue weighted by Crippen LogP contribution is -2.48. The van der Waals surface area contributed by atoms with Gasteiger partial charge < -0.3 is 9.41 Å². The van der Waals surface area contributed by atoms with Crippen molar-refractivity contribution in [1.82, 2.24) is 18.5 Å². The third-order valence-corrected chi connectivity index (χ3v) is 13.6. The molecule has 1 aliphatic carbocycles. The highest BCUT2D eigenvalue weighted by Gasteiger charge is 2.43. The molecule has 0 spiro atoms. The molecule has 1 N–H and O–H groups in total. The van der Waals surface area contributed by atoms with Crippen LogP contribution in [0, 0.1) is 0 Å². The Bertz CT molecular complexity index is 1540. The molecule has 1 saturated carbocycles. The van der Waals surface area contributed by atoms with Crippen LogP contribution in [0.4, 0.5) is 0 Å².